The topological polar surface area (TPSA) is 58.4 Å². The molecule has 29 heavy (non-hydrogen) atoms. The van der Waals surface area contributed by atoms with Gasteiger partial charge in [0.25, 0.3) is 0 Å². The zero-order chi connectivity index (χ0) is 19.8. The van der Waals surface area contributed by atoms with Crippen molar-refractivity contribution in [2.45, 2.75) is 19.4 Å². The summed E-state index contributed by atoms with van der Waals surface area (Å²) in [6.45, 7) is 2.90. The van der Waals surface area contributed by atoms with Gasteiger partial charge in [-0.3, -0.25) is 4.90 Å². The summed E-state index contributed by atoms with van der Waals surface area (Å²) in [7, 11) is 0. The zero-order valence-electron chi connectivity index (χ0n) is 15.9. The molecule has 0 radical (unpaired) electrons. The maximum Gasteiger partial charge on any atom is 0.231 e. The van der Waals surface area contributed by atoms with Crippen molar-refractivity contribution < 1.29 is 9.47 Å². The number of benzene rings is 2. The third kappa shape index (κ3) is 3.62. The lowest BCUT2D eigenvalue weighted by atomic mass is 9.97. The second kappa shape index (κ2) is 7.55. The number of hydrogen-bond donors (Lipinski definition) is 0. The van der Waals surface area contributed by atoms with Crippen LogP contribution in [0.2, 0.25) is 5.02 Å². The monoisotopic (exact) mass is 405 g/mol. The van der Waals surface area contributed by atoms with Crippen molar-refractivity contribution in [2.24, 2.45) is 5.92 Å². The Morgan fingerprint density at radius 3 is 2.52 bits per heavy atom. The minimum atomic E-state index is 0.177. The average molecular weight is 406 g/mol. The van der Waals surface area contributed by atoms with Crippen LogP contribution in [0, 0.1) is 17.2 Å². The maximum atomic E-state index is 9.17. The van der Waals surface area contributed by atoms with Gasteiger partial charge in [-0.05, 0) is 55.8 Å². The summed E-state index contributed by atoms with van der Waals surface area (Å²) in [4.78, 5) is 7.40. The highest BCUT2D eigenvalue weighted by atomic mass is 35.5. The van der Waals surface area contributed by atoms with Gasteiger partial charge in [0.2, 0.25) is 6.79 Å². The van der Waals surface area contributed by atoms with Crippen LogP contribution in [-0.4, -0.2) is 29.8 Å². The molecule has 6 heteroatoms. The van der Waals surface area contributed by atoms with Gasteiger partial charge in [-0.1, -0.05) is 23.7 Å². The van der Waals surface area contributed by atoms with Crippen LogP contribution >= 0.6 is 11.6 Å². The van der Waals surface area contributed by atoms with Crippen LogP contribution in [0.5, 0.6) is 11.5 Å². The number of piperidine rings is 1. The lowest BCUT2D eigenvalue weighted by Gasteiger charge is -2.29. The Balaban J connectivity index is 1.56. The summed E-state index contributed by atoms with van der Waals surface area (Å²) < 4.78 is 11.1. The molecule has 5 nitrogen and oxygen atoms in total. The number of likely N-dealkylation sites (tertiary alicyclic amines) is 1. The van der Waals surface area contributed by atoms with Crippen molar-refractivity contribution in [1.82, 2.24) is 9.88 Å². The van der Waals surface area contributed by atoms with Crippen molar-refractivity contribution in [3.05, 3.63) is 53.1 Å². The first-order valence-corrected chi connectivity index (χ1v) is 10.2. The van der Waals surface area contributed by atoms with E-state index in [1.54, 1.807) is 0 Å². The molecule has 0 unspecified atom stereocenters. The van der Waals surface area contributed by atoms with Gasteiger partial charge < -0.3 is 9.47 Å². The van der Waals surface area contributed by atoms with Crippen LogP contribution in [0.4, 0.5) is 0 Å². The van der Waals surface area contributed by atoms with Crippen LogP contribution in [-0.2, 0) is 6.54 Å². The van der Waals surface area contributed by atoms with Gasteiger partial charge >= 0.3 is 0 Å². The van der Waals surface area contributed by atoms with E-state index in [0.29, 0.717) is 5.02 Å². The summed E-state index contributed by atoms with van der Waals surface area (Å²) in [5.74, 6) is 1.68. The Morgan fingerprint density at radius 2 is 1.79 bits per heavy atom. The fraction of sp³-hybridized carbons (Fsp3) is 0.304. The molecule has 2 aliphatic heterocycles. The van der Waals surface area contributed by atoms with Gasteiger partial charge in [0.15, 0.2) is 11.5 Å². The number of hydrogen-bond acceptors (Lipinski definition) is 5. The SMILES string of the molecule is N#CC1CCN(Cc2cc3cc4c(cc3nc2-c2ccc(Cl)cc2)OCO4)CC1. The third-order valence-electron chi connectivity index (χ3n) is 5.67. The highest BCUT2D eigenvalue weighted by molar-refractivity contribution is 6.30. The molecule has 1 saturated heterocycles. The molecule has 0 saturated carbocycles. The zero-order valence-corrected chi connectivity index (χ0v) is 16.7. The minimum Gasteiger partial charge on any atom is -0.454 e. The number of ether oxygens (including phenoxy) is 2. The number of nitriles is 1. The number of fused-ring (bicyclic) bond motifs is 2. The average Bonchev–Trinajstić information content (AvgIpc) is 3.20. The van der Waals surface area contributed by atoms with E-state index in [0.717, 1.165) is 71.7 Å². The first-order valence-electron chi connectivity index (χ1n) is 9.81. The summed E-state index contributed by atoms with van der Waals surface area (Å²) >= 11 is 6.10. The smallest absolute Gasteiger partial charge is 0.231 e. The van der Waals surface area contributed by atoms with Crippen LogP contribution in [0.15, 0.2) is 42.5 Å². The van der Waals surface area contributed by atoms with E-state index < -0.39 is 0 Å². The molecule has 0 N–H and O–H groups in total. The Hall–Kier alpha value is -2.81. The first-order chi connectivity index (χ1) is 14.2. The second-order valence-electron chi connectivity index (χ2n) is 7.58. The lowest BCUT2D eigenvalue weighted by molar-refractivity contribution is 0.174. The summed E-state index contributed by atoms with van der Waals surface area (Å²) in [6.07, 6.45) is 1.85. The van der Waals surface area contributed by atoms with E-state index in [2.05, 4.69) is 17.0 Å². The molecule has 0 aliphatic carbocycles. The Labute approximate surface area is 174 Å². The van der Waals surface area contributed by atoms with Crippen LogP contribution in [0.3, 0.4) is 0 Å². The number of halogens is 1. The summed E-state index contributed by atoms with van der Waals surface area (Å²) in [6, 6.07) is 16.4. The second-order valence-corrected chi connectivity index (χ2v) is 8.02. The molecular formula is C23H20ClN3O2. The van der Waals surface area contributed by atoms with Crippen molar-refractivity contribution in [3.63, 3.8) is 0 Å². The van der Waals surface area contributed by atoms with E-state index in [1.165, 1.54) is 0 Å². The van der Waals surface area contributed by atoms with E-state index >= 15 is 0 Å². The van der Waals surface area contributed by atoms with Gasteiger partial charge in [-0.2, -0.15) is 5.26 Å². The third-order valence-corrected chi connectivity index (χ3v) is 5.92. The molecule has 3 aromatic rings. The fourth-order valence-corrected chi connectivity index (χ4v) is 4.17. The quantitative estimate of drug-likeness (QED) is 0.612. The minimum absolute atomic E-state index is 0.177. The molecular weight excluding hydrogens is 386 g/mol. The van der Waals surface area contributed by atoms with Gasteiger partial charge in [0, 0.05) is 34.5 Å². The molecule has 0 spiro atoms. The number of aromatic nitrogens is 1. The maximum absolute atomic E-state index is 9.17. The fourth-order valence-electron chi connectivity index (χ4n) is 4.05. The first kappa shape index (κ1) is 18.2. The van der Waals surface area contributed by atoms with Crippen molar-refractivity contribution in [3.8, 4) is 28.8 Å². The van der Waals surface area contributed by atoms with Crippen LogP contribution in [0.1, 0.15) is 18.4 Å². The van der Waals surface area contributed by atoms with Gasteiger partial charge in [-0.15, -0.1) is 0 Å². The van der Waals surface area contributed by atoms with Crippen molar-refractivity contribution >= 4 is 22.5 Å². The van der Waals surface area contributed by atoms with Crippen molar-refractivity contribution in [1.29, 1.82) is 5.26 Å². The summed E-state index contributed by atoms with van der Waals surface area (Å²) in [5.41, 5.74) is 4.03. The highest BCUT2D eigenvalue weighted by Gasteiger charge is 2.22. The van der Waals surface area contributed by atoms with E-state index in [4.69, 9.17) is 31.3 Å². The molecule has 2 aliphatic rings. The lowest BCUT2D eigenvalue weighted by Crippen LogP contribution is -2.33. The normalized spacial score (nSPS) is 16.8. The van der Waals surface area contributed by atoms with Crippen LogP contribution in [0.25, 0.3) is 22.2 Å². The largest absolute Gasteiger partial charge is 0.454 e. The Kier molecular flexibility index (Phi) is 4.75. The number of nitrogens with zero attached hydrogens (tertiary/aromatic N) is 3. The van der Waals surface area contributed by atoms with Crippen molar-refractivity contribution in [2.75, 3.05) is 19.9 Å². The van der Waals surface area contributed by atoms with Crippen LogP contribution < -0.4 is 9.47 Å². The molecule has 0 amide bonds. The highest BCUT2D eigenvalue weighted by Crippen LogP contribution is 2.37. The predicted molar refractivity (Wildman–Crippen MR) is 112 cm³/mol. The number of rotatable bonds is 3. The molecule has 146 valence electrons. The molecule has 1 aromatic heterocycles. The Morgan fingerprint density at radius 1 is 1.07 bits per heavy atom. The predicted octanol–water partition coefficient (Wildman–Crippen LogP) is 5.02. The summed E-state index contributed by atoms with van der Waals surface area (Å²) in [5, 5.41) is 10.9. The van der Waals surface area contributed by atoms with E-state index in [-0.39, 0.29) is 12.7 Å². The number of pyridine rings is 1. The van der Waals surface area contributed by atoms with Gasteiger partial charge in [-0.25, -0.2) is 4.98 Å². The van der Waals surface area contributed by atoms with E-state index in [1.807, 2.05) is 36.4 Å². The molecule has 1 fully saturated rings. The Bertz CT molecular complexity index is 1100. The molecule has 2 aromatic carbocycles. The molecule has 3 heterocycles. The van der Waals surface area contributed by atoms with E-state index in [9.17, 15) is 0 Å². The standard InChI is InChI=1S/C23H20ClN3O2/c24-19-3-1-16(2-4-19)23-18(13-27-7-5-15(12-25)6-8-27)9-17-10-21-22(29-14-28-21)11-20(17)26-23/h1-4,9-11,15H,5-8,13-14H2. The molecule has 5 rings (SSSR count). The molecule has 0 atom stereocenters. The van der Waals surface area contributed by atoms with Gasteiger partial charge in [0.1, 0.15) is 0 Å². The van der Waals surface area contributed by atoms with Gasteiger partial charge in [0.05, 0.1) is 17.3 Å². The molecule has 0 bridgehead atoms.